The molecule has 0 heterocycles. The number of nitrogens with one attached hydrogen (secondary N) is 1. The van der Waals surface area contributed by atoms with Crippen molar-refractivity contribution in [1.82, 2.24) is 10.2 Å². The fourth-order valence-electron chi connectivity index (χ4n) is 3.11. The number of carbonyl (C=O) groups is 2. The van der Waals surface area contributed by atoms with Gasteiger partial charge in [-0.3, -0.25) is 9.59 Å². The molecule has 0 bridgehead atoms. The minimum absolute atomic E-state index is 0.186. The summed E-state index contributed by atoms with van der Waals surface area (Å²) in [7, 11) is 0. The number of rotatable bonds is 8. The molecule has 2 amide bonds. The average Bonchev–Trinajstić information content (AvgIpc) is 2.71. The van der Waals surface area contributed by atoms with Crippen molar-refractivity contribution in [2.75, 3.05) is 6.61 Å². The maximum absolute atomic E-state index is 13.2. The molecule has 0 fully saturated rings. The minimum Gasteiger partial charge on any atom is -0.483 e. The van der Waals surface area contributed by atoms with E-state index in [1.165, 1.54) is 4.90 Å². The standard InChI is InChI=1S/C25H31BrCl2N2O3/c1-15(2)18-8-10-22(19(26)12-18)33-14-23(31)30(16(3)24(32)29-25(4,5)6)13-17-7-9-20(27)21(28)11-17/h7-12,15-16H,13-14H2,1-6H3,(H,29,32)/t16-/m0/s1. The molecule has 0 aliphatic carbocycles. The van der Waals surface area contributed by atoms with E-state index in [1.807, 2.05) is 39.0 Å². The number of halogens is 3. The first-order valence-electron chi connectivity index (χ1n) is 10.8. The van der Waals surface area contributed by atoms with Crippen LogP contribution in [0.2, 0.25) is 10.0 Å². The highest BCUT2D eigenvalue weighted by molar-refractivity contribution is 9.10. The van der Waals surface area contributed by atoms with Gasteiger partial charge in [0.15, 0.2) is 6.61 Å². The third-order valence-corrected chi connectivity index (χ3v) is 6.33. The Kier molecular flexibility index (Phi) is 9.65. The van der Waals surface area contributed by atoms with E-state index in [1.54, 1.807) is 25.1 Å². The fraction of sp³-hybridized carbons (Fsp3) is 0.440. The second kappa shape index (κ2) is 11.6. The predicted molar refractivity (Wildman–Crippen MR) is 138 cm³/mol. The van der Waals surface area contributed by atoms with Crippen molar-refractivity contribution in [1.29, 1.82) is 0 Å². The zero-order chi connectivity index (χ0) is 24.9. The molecule has 0 unspecified atom stereocenters. The highest BCUT2D eigenvalue weighted by Crippen LogP contribution is 2.29. The van der Waals surface area contributed by atoms with E-state index in [0.717, 1.165) is 15.6 Å². The van der Waals surface area contributed by atoms with Crippen molar-refractivity contribution in [3.8, 4) is 5.75 Å². The van der Waals surface area contributed by atoms with E-state index in [2.05, 4.69) is 35.1 Å². The summed E-state index contributed by atoms with van der Waals surface area (Å²) in [5.41, 5.74) is 1.49. The lowest BCUT2D eigenvalue weighted by Crippen LogP contribution is -2.53. The van der Waals surface area contributed by atoms with Crippen molar-refractivity contribution in [2.24, 2.45) is 0 Å². The van der Waals surface area contributed by atoms with Gasteiger partial charge in [0.2, 0.25) is 5.91 Å². The van der Waals surface area contributed by atoms with Crippen molar-refractivity contribution in [2.45, 2.75) is 65.6 Å². The van der Waals surface area contributed by atoms with E-state index >= 15 is 0 Å². The van der Waals surface area contributed by atoms with E-state index in [4.69, 9.17) is 27.9 Å². The van der Waals surface area contributed by atoms with Gasteiger partial charge in [0.1, 0.15) is 11.8 Å². The molecule has 0 saturated heterocycles. The molecule has 1 atom stereocenters. The Labute approximate surface area is 214 Å². The molecule has 2 rings (SSSR count). The van der Waals surface area contributed by atoms with Gasteiger partial charge in [-0.25, -0.2) is 0 Å². The maximum atomic E-state index is 13.2. The molecule has 0 aliphatic rings. The second-order valence-corrected chi connectivity index (χ2v) is 11.0. The Morgan fingerprint density at radius 3 is 2.27 bits per heavy atom. The summed E-state index contributed by atoms with van der Waals surface area (Å²) in [6.45, 7) is 11.6. The summed E-state index contributed by atoms with van der Waals surface area (Å²) >= 11 is 15.7. The molecule has 0 aliphatic heterocycles. The van der Waals surface area contributed by atoms with Crippen LogP contribution in [0.25, 0.3) is 0 Å². The molecular weight excluding hydrogens is 527 g/mol. The van der Waals surface area contributed by atoms with Crippen LogP contribution in [0.4, 0.5) is 0 Å². The molecule has 0 spiro atoms. The first kappa shape index (κ1) is 27.5. The first-order valence-corrected chi connectivity index (χ1v) is 12.3. The van der Waals surface area contributed by atoms with E-state index in [9.17, 15) is 9.59 Å². The maximum Gasteiger partial charge on any atom is 0.261 e. The van der Waals surface area contributed by atoms with Gasteiger partial charge in [-0.15, -0.1) is 0 Å². The Morgan fingerprint density at radius 1 is 1.06 bits per heavy atom. The van der Waals surface area contributed by atoms with Gasteiger partial charge < -0.3 is 15.0 Å². The summed E-state index contributed by atoms with van der Waals surface area (Å²) in [6.07, 6.45) is 0. The van der Waals surface area contributed by atoms with Gasteiger partial charge in [-0.2, -0.15) is 0 Å². The Morgan fingerprint density at radius 2 is 1.73 bits per heavy atom. The predicted octanol–water partition coefficient (Wildman–Crippen LogP) is 6.59. The van der Waals surface area contributed by atoms with Crippen molar-refractivity contribution < 1.29 is 14.3 Å². The van der Waals surface area contributed by atoms with Crippen LogP contribution in [0.5, 0.6) is 5.75 Å². The number of carbonyl (C=O) groups excluding carboxylic acids is 2. The highest BCUT2D eigenvalue weighted by Gasteiger charge is 2.29. The largest absolute Gasteiger partial charge is 0.483 e. The third-order valence-electron chi connectivity index (χ3n) is 4.98. The Hall–Kier alpha value is -1.76. The van der Waals surface area contributed by atoms with Crippen LogP contribution in [-0.2, 0) is 16.1 Å². The van der Waals surface area contributed by atoms with Crippen LogP contribution in [0.3, 0.4) is 0 Å². The Bertz CT molecular complexity index is 1010. The molecule has 180 valence electrons. The number of ether oxygens (including phenoxy) is 1. The monoisotopic (exact) mass is 556 g/mol. The SMILES string of the molecule is CC(C)c1ccc(OCC(=O)N(Cc2ccc(Cl)c(Cl)c2)[C@@H](C)C(=O)NC(C)(C)C)c(Br)c1. The van der Waals surface area contributed by atoms with Gasteiger partial charge in [-0.1, -0.05) is 49.2 Å². The number of amides is 2. The summed E-state index contributed by atoms with van der Waals surface area (Å²) in [5, 5.41) is 3.75. The van der Waals surface area contributed by atoms with Crippen LogP contribution in [0.1, 0.15) is 58.6 Å². The molecular formula is C25H31BrCl2N2O3. The van der Waals surface area contributed by atoms with E-state index < -0.39 is 11.6 Å². The first-order chi connectivity index (χ1) is 15.3. The molecule has 0 aromatic heterocycles. The van der Waals surface area contributed by atoms with Gasteiger partial charge in [0, 0.05) is 12.1 Å². The topological polar surface area (TPSA) is 58.6 Å². The highest BCUT2D eigenvalue weighted by atomic mass is 79.9. The summed E-state index contributed by atoms with van der Waals surface area (Å²) in [4.78, 5) is 27.5. The van der Waals surface area contributed by atoms with Gasteiger partial charge in [0.05, 0.1) is 14.5 Å². The number of benzene rings is 2. The summed E-state index contributed by atoms with van der Waals surface area (Å²) < 4.78 is 6.58. The van der Waals surface area contributed by atoms with Gasteiger partial charge >= 0.3 is 0 Å². The molecule has 2 aromatic carbocycles. The number of hydrogen-bond donors (Lipinski definition) is 1. The van der Waals surface area contributed by atoms with Crippen molar-refractivity contribution in [3.63, 3.8) is 0 Å². The van der Waals surface area contributed by atoms with Crippen molar-refractivity contribution in [3.05, 3.63) is 62.0 Å². The molecule has 2 aromatic rings. The van der Waals surface area contributed by atoms with Crippen LogP contribution < -0.4 is 10.1 Å². The fourth-order valence-corrected chi connectivity index (χ4v) is 3.94. The van der Waals surface area contributed by atoms with E-state index in [-0.39, 0.29) is 25.0 Å². The van der Waals surface area contributed by atoms with Crippen LogP contribution in [0, 0.1) is 0 Å². The van der Waals surface area contributed by atoms with Crippen LogP contribution >= 0.6 is 39.1 Å². The molecule has 1 N–H and O–H groups in total. The lowest BCUT2D eigenvalue weighted by Gasteiger charge is -2.31. The summed E-state index contributed by atoms with van der Waals surface area (Å²) in [6, 6.07) is 10.2. The van der Waals surface area contributed by atoms with Crippen LogP contribution in [0.15, 0.2) is 40.9 Å². The lowest BCUT2D eigenvalue weighted by molar-refractivity contribution is -0.142. The normalized spacial score (nSPS) is 12.4. The third kappa shape index (κ3) is 8.20. The average molecular weight is 558 g/mol. The second-order valence-electron chi connectivity index (χ2n) is 9.32. The quantitative estimate of drug-likeness (QED) is 0.398. The Balaban J connectivity index is 2.23. The smallest absolute Gasteiger partial charge is 0.261 e. The number of hydrogen-bond acceptors (Lipinski definition) is 3. The molecule has 8 heteroatoms. The zero-order valence-corrected chi connectivity index (χ0v) is 22.9. The molecule has 0 radical (unpaired) electrons. The van der Waals surface area contributed by atoms with Gasteiger partial charge in [-0.05, 0) is 84.9 Å². The molecule has 5 nitrogen and oxygen atoms in total. The lowest BCUT2D eigenvalue weighted by atomic mass is 10.0. The van der Waals surface area contributed by atoms with Crippen molar-refractivity contribution >= 4 is 50.9 Å². The molecule has 0 saturated carbocycles. The van der Waals surface area contributed by atoms with Crippen LogP contribution in [-0.4, -0.2) is 34.9 Å². The summed E-state index contributed by atoms with van der Waals surface area (Å²) in [5.74, 6) is 0.366. The molecule has 33 heavy (non-hydrogen) atoms. The zero-order valence-electron chi connectivity index (χ0n) is 19.8. The number of nitrogens with zero attached hydrogens (tertiary/aromatic N) is 1. The van der Waals surface area contributed by atoms with Gasteiger partial charge in [0.25, 0.3) is 5.91 Å². The van der Waals surface area contributed by atoms with E-state index in [0.29, 0.717) is 21.7 Å². The minimum atomic E-state index is -0.721.